The third kappa shape index (κ3) is 4.26. The minimum Gasteiger partial charge on any atom is -0.494 e. The van der Waals surface area contributed by atoms with Crippen molar-refractivity contribution in [3.63, 3.8) is 0 Å². The zero-order valence-electron chi connectivity index (χ0n) is 13.2. The first kappa shape index (κ1) is 18.5. The number of furan rings is 1. The van der Waals surface area contributed by atoms with E-state index in [2.05, 4.69) is 31.5 Å². The summed E-state index contributed by atoms with van der Waals surface area (Å²) < 4.78 is 24.3. The first-order valence-corrected chi connectivity index (χ1v) is 9.21. The van der Waals surface area contributed by atoms with Crippen LogP contribution in [0, 0.1) is 5.82 Å². The smallest absolute Gasteiger partial charge is 0.293 e. The normalized spacial score (nSPS) is 10.4. The van der Waals surface area contributed by atoms with Crippen molar-refractivity contribution in [1.82, 2.24) is 10.3 Å². The van der Waals surface area contributed by atoms with E-state index in [1.165, 1.54) is 36.6 Å². The van der Waals surface area contributed by atoms with Gasteiger partial charge in [-0.05, 0) is 58.5 Å². The van der Waals surface area contributed by atoms with Gasteiger partial charge in [0, 0.05) is 10.9 Å². The second-order valence-corrected chi connectivity index (χ2v) is 6.95. The van der Waals surface area contributed by atoms with Gasteiger partial charge in [0.15, 0.2) is 32.2 Å². The van der Waals surface area contributed by atoms with E-state index in [-0.39, 0.29) is 16.6 Å². The topological polar surface area (TPSA) is 76.4 Å². The Labute approximate surface area is 165 Å². The van der Waals surface area contributed by atoms with Crippen molar-refractivity contribution >= 4 is 55.6 Å². The number of methoxy groups -OCH3 is 1. The number of aromatic nitrogens is 1. The highest BCUT2D eigenvalue weighted by Crippen LogP contribution is 2.28. The predicted octanol–water partition coefficient (Wildman–Crippen LogP) is 4.44. The summed E-state index contributed by atoms with van der Waals surface area (Å²) in [5.74, 6) is -0.674. The molecule has 0 spiro atoms. The predicted molar refractivity (Wildman–Crippen MR) is 104 cm³/mol. The number of ether oxygens (including phenoxy) is 1. The molecule has 0 aliphatic rings. The van der Waals surface area contributed by atoms with E-state index < -0.39 is 11.7 Å². The molecule has 0 bridgehead atoms. The molecule has 0 saturated heterocycles. The number of nitrogens with one attached hydrogen (secondary N) is 2. The van der Waals surface area contributed by atoms with Gasteiger partial charge in [-0.3, -0.25) is 10.1 Å². The highest BCUT2D eigenvalue weighted by Gasteiger charge is 2.14. The van der Waals surface area contributed by atoms with E-state index in [1.807, 2.05) is 0 Å². The number of thiazole rings is 1. The number of amides is 1. The highest BCUT2D eigenvalue weighted by molar-refractivity contribution is 9.10. The molecule has 0 aliphatic heterocycles. The van der Waals surface area contributed by atoms with Crippen LogP contribution in [0.1, 0.15) is 10.6 Å². The maximum atomic E-state index is 13.8. The standard InChI is InChI=1S/C16H11BrFN3O3S2/c1-23-11-3-2-8(6-9(11)18)10-7-26-16(19-10)21-15(25)20-14(22)12-4-5-13(17)24-12/h2-7H,1H3,(H2,19,20,21,22,25). The van der Waals surface area contributed by atoms with Crippen molar-refractivity contribution in [1.29, 1.82) is 0 Å². The number of hydrogen-bond acceptors (Lipinski definition) is 6. The first-order chi connectivity index (χ1) is 12.5. The van der Waals surface area contributed by atoms with E-state index in [4.69, 9.17) is 21.4 Å². The molecule has 0 aliphatic carbocycles. The van der Waals surface area contributed by atoms with Crippen molar-refractivity contribution < 1.29 is 18.3 Å². The zero-order valence-corrected chi connectivity index (χ0v) is 16.4. The Hall–Kier alpha value is -2.30. The Morgan fingerprint density at radius 3 is 2.85 bits per heavy atom. The van der Waals surface area contributed by atoms with Gasteiger partial charge in [-0.2, -0.15) is 0 Å². The quantitative estimate of drug-likeness (QED) is 0.566. The van der Waals surface area contributed by atoms with E-state index in [1.54, 1.807) is 17.5 Å². The van der Waals surface area contributed by atoms with Crippen LogP contribution in [-0.2, 0) is 0 Å². The molecule has 0 fully saturated rings. The molecule has 2 heterocycles. The Morgan fingerprint density at radius 1 is 1.38 bits per heavy atom. The maximum absolute atomic E-state index is 13.8. The van der Waals surface area contributed by atoms with E-state index in [9.17, 15) is 9.18 Å². The molecule has 26 heavy (non-hydrogen) atoms. The van der Waals surface area contributed by atoms with Crippen LogP contribution in [0.3, 0.4) is 0 Å². The molecular weight excluding hydrogens is 445 g/mol. The van der Waals surface area contributed by atoms with Crippen molar-refractivity contribution in [2.45, 2.75) is 0 Å². The molecule has 10 heteroatoms. The van der Waals surface area contributed by atoms with Crippen molar-refractivity contribution in [3.8, 4) is 17.0 Å². The summed E-state index contributed by atoms with van der Waals surface area (Å²) in [6, 6.07) is 7.69. The van der Waals surface area contributed by atoms with Gasteiger partial charge >= 0.3 is 0 Å². The molecule has 2 N–H and O–H groups in total. The number of hydrogen-bond donors (Lipinski definition) is 2. The number of thiocarbonyl (C=S) groups is 1. The number of halogens is 2. The second kappa shape index (κ2) is 7.94. The fraction of sp³-hybridized carbons (Fsp3) is 0.0625. The molecule has 0 radical (unpaired) electrons. The molecule has 1 amide bonds. The van der Waals surface area contributed by atoms with E-state index in [0.29, 0.717) is 21.1 Å². The Balaban J connectivity index is 1.65. The lowest BCUT2D eigenvalue weighted by Crippen LogP contribution is -2.33. The lowest BCUT2D eigenvalue weighted by atomic mass is 10.1. The number of nitrogens with zero attached hydrogens (tertiary/aromatic N) is 1. The minimum absolute atomic E-state index is 0.0735. The monoisotopic (exact) mass is 455 g/mol. The third-order valence-corrected chi connectivity index (χ3v) is 4.58. The van der Waals surface area contributed by atoms with Crippen molar-refractivity contribution in [2.24, 2.45) is 0 Å². The molecule has 6 nitrogen and oxygen atoms in total. The summed E-state index contributed by atoms with van der Waals surface area (Å²) in [7, 11) is 1.40. The van der Waals surface area contributed by atoms with Crippen LogP contribution in [0.4, 0.5) is 9.52 Å². The molecule has 2 aromatic heterocycles. The average Bonchev–Trinajstić information content (AvgIpc) is 3.24. The van der Waals surface area contributed by atoms with Crippen LogP contribution in [0.5, 0.6) is 5.75 Å². The summed E-state index contributed by atoms with van der Waals surface area (Å²) in [5, 5.41) is 7.58. The van der Waals surface area contributed by atoms with Crippen molar-refractivity contribution in [2.75, 3.05) is 12.4 Å². The molecule has 3 rings (SSSR count). The third-order valence-electron chi connectivity index (χ3n) is 3.20. The fourth-order valence-electron chi connectivity index (χ4n) is 2.02. The zero-order chi connectivity index (χ0) is 18.7. The number of rotatable bonds is 4. The summed E-state index contributed by atoms with van der Waals surface area (Å²) in [4.78, 5) is 16.3. The number of carbonyl (C=O) groups is 1. The van der Waals surface area contributed by atoms with Gasteiger partial charge < -0.3 is 14.5 Å². The van der Waals surface area contributed by atoms with Gasteiger partial charge in [0.25, 0.3) is 5.91 Å². The largest absolute Gasteiger partial charge is 0.494 e. The summed E-state index contributed by atoms with van der Waals surface area (Å²) in [5.41, 5.74) is 1.17. The van der Waals surface area contributed by atoms with Gasteiger partial charge in [0.05, 0.1) is 12.8 Å². The van der Waals surface area contributed by atoms with Crippen LogP contribution < -0.4 is 15.4 Å². The van der Waals surface area contributed by atoms with Gasteiger partial charge in [-0.1, -0.05) is 0 Å². The van der Waals surface area contributed by atoms with Crippen LogP contribution in [-0.4, -0.2) is 23.1 Å². The lowest BCUT2D eigenvalue weighted by molar-refractivity contribution is 0.0949. The van der Waals surface area contributed by atoms with Crippen LogP contribution in [0.2, 0.25) is 0 Å². The lowest BCUT2D eigenvalue weighted by Gasteiger charge is -2.05. The van der Waals surface area contributed by atoms with Crippen LogP contribution in [0.25, 0.3) is 11.3 Å². The second-order valence-electron chi connectivity index (χ2n) is 4.90. The minimum atomic E-state index is -0.484. The van der Waals surface area contributed by atoms with Crippen LogP contribution in [0.15, 0.2) is 44.8 Å². The average molecular weight is 456 g/mol. The van der Waals surface area contributed by atoms with Gasteiger partial charge in [0.2, 0.25) is 0 Å². The molecule has 0 unspecified atom stereocenters. The molecule has 3 aromatic rings. The Kier molecular flexibility index (Phi) is 5.64. The van der Waals surface area contributed by atoms with Gasteiger partial charge in [-0.25, -0.2) is 9.37 Å². The summed E-state index contributed by atoms with van der Waals surface area (Å²) in [6.07, 6.45) is 0. The van der Waals surface area contributed by atoms with E-state index in [0.717, 1.165) is 0 Å². The summed E-state index contributed by atoms with van der Waals surface area (Å²) >= 11 is 9.48. The van der Waals surface area contributed by atoms with Gasteiger partial charge in [0.1, 0.15) is 0 Å². The fourth-order valence-corrected chi connectivity index (χ4v) is 3.30. The van der Waals surface area contributed by atoms with Gasteiger partial charge in [-0.15, -0.1) is 11.3 Å². The first-order valence-electron chi connectivity index (χ1n) is 7.13. The molecule has 0 atom stereocenters. The Morgan fingerprint density at radius 2 is 2.19 bits per heavy atom. The number of anilines is 1. The van der Waals surface area contributed by atoms with Crippen molar-refractivity contribution in [3.05, 3.63) is 52.0 Å². The van der Waals surface area contributed by atoms with E-state index >= 15 is 0 Å². The molecule has 1 aromatic carbocycles. The Bertz CT molecular complexity index is 973. The summed E-state index contributed by atoms with van der Waals surface area (Å²) in [6.45, 7) is 0. The number of carbonyl (C=O) groups excluding carboxylic acids is 1. The molecule has 0 saturated carbocycles. The number of benzene rings is 1. The maximum Gasteiger partial charge on any atom is 0.293 e. The highest BCUT2D eigenvalue weighted by atomic mass is 79.9. The SMILES string of the molecule is COc1ccc(-c2csc(NC(=S)NC(=O)c3ccc(Br)o3)n2)cc1F. The molecule has 134 valence electrons. The molecular formula is C16H11BrFN3O3S2. The van der Waals surface area contributed by atoms with Crippen LogP contribution >= 0.6 is 39.5 Å².